The Labute approximate surface area is 80.6 Å². The van der Waals surface area contributed by atoms with E-state index in [0.29, 0.717) is 17.0 Å². The van der Waals surface area contributed by atoms with E-state index in [1.54, 1.807) is 0 Å². The normalized spacial score (nSPS) is 10.6. The highest BCUT2D eigenvalue weighted by Crippen LogP contribution is 2.15. The second-order valence-corrected chi connectivity index (χ2v) is 2.91. The molecule has 0 spiro atoms. The fourth-order valence-electron chi connectivity index (χ4n) is 1.20. The monoisotopic (exact) mass is 193 g/mol. The van der Waals surface area contributed by atoms with Gasteiger partial charge < -0.3 is 10.5 Å². The molecule has 0 saturated carbocycles. The lowest BCUT2D eigenvalue weighted by molar-refractivity contribution is 0.196. The summed E-state index contributed by atoms with van der Waals surface area (Å²) in [5, 5.41) is 12.4. The third-order valence-corrected chi connectivity index (χ3v) is 1.86. The Kier molecular flexibility index (Phi) is 2.18. The number of nitrogens with one attached hydrogen (secondary N) is 1. The van der Waals surface area contributed by atoms with Crippen molar-refractivity contribution in [1.82, 2.24) is 19.7 Å². The summed E-state index contributed by atoms with van der Waals surface area (Å²) >= 11 is 0. The molecule has 0 amide bonds. The van der Waals surface area contributed by atoms with E-state index < -0.39 is 0 Å². The van der Waals surface area contributed by atoms with Crippen LogP contribution in [0.15, 0.2) is 12.7 Å². The van der Waals surface area contributed by atoms with Crippen LogP contribution in [0.1, 0.15) is 13.3 Å². The molecule has 2 aromatic heterocycles. The zero-order valence-corrected chi connectivity index (χ0v) is 7.80. The van der Waals surface area contributed by atoms with Crippen molar-refractivity contribution in [3.63, 3.8) is 0 Å². The van der Waals surface area contributed by atoms with Crippen LogP contribution in [0.25, 0.3) is 11.2 Å². The second-order valence-electron chi connectivity index (χ2n) is 2.91. The maximum absolute atomic E-state index is 9.30. The van der Waals surface area contributed by atoms with Crippen LogP contribution in [-0.4, -0.2) is 31.4 Å². The van der Waals surface area contributed by atoms with Gasteiger partial charge in [-0.15, -0.1) is 0 Å². The molecule has 2 N–H and O–H groups in total. The zero-order valence-electron chi connectivity index (χ0n) is 7.80. The van der Waals surface area contributed by atoms with Gasteiger partial charge in [0.1, 0.15) is 12.7 Å². The molecule has 0 aliphatic carbocycles. The van der Waals surface area contributed by atoms with E-state index in [4.69, 9.17) is 0 Å². The Morgan fingerprint density at radius 1 is 1.43 bits per heavy atom. The minimum absolute atomic E-state index is 0.415. The van der Waals surface area contributed by atoms with E-state index >= 15 is 0 Å². The van der Waals surface area contributed by atoms with E-state index in [-0.39, 0.29) is 0 Å². The molecule has 0 unspecified atom stereocenters. The van der Waals surface area contributed by atoms with Gasteiger partial charge in [0.25, 0.3) is 0 Å². The molecule has 0 bridgehead atoms. The largest absolute Gasteiger partial charge is 0.425 e. The predicted molar refractivity (Wildman–Crippen MR) is 51.3 cm³/mol. The summed E-state index contributed by atoms with van der Waals surface area (Å²) in [5.74, 6) is 0.657. The fraction of sp³-hybridized carbons (Fsp3) is 0.375. The number of imidazole rings is 1. The third kappa shape index (κ3) is 1.34. The second kappa shape index (κ2) is 3.49. The maximum atomic E-state index is 9.30. The smallest absolute Gasteiger partial charge is 0.200 e. The zero-order chi connectivity index (χ0) is 9.97. The van der Waals surface area contributed by atoms with Gasteiger partial charge in [-0.1, -0.05) is 6.92 Å². The van der Waals surface area contributed by atoms with Gasteiger partial charge in [-0.25, -0.2) is 15.0 Å². The summed E-state index contributed by atoms with van der Waals surface area (Å²) in [6.07, 6.45) is 3.70. The van der Waals surface area contributed by atoms with Crippen LogP contribution in [0.2, 0.25) is 0 Å². The maximum Gasteiger partial charge on any atom is 0.200 e. The van der Waals surface area contributed by atoms with E-state index in [1.807, 2.05) is 0 Å². The van der Waals surface area contributed by atoms with Crippen LogP contribution in [0.3, 0.4) is 0 Å². The lowest BCUT2D eigenvalue weighted by Crippen LogP contribution is -2.03. The van der Waals surface area contributed by atoms with Gasteiger partial charge in [0.15, 0.2) is 11.3 Å². The minimum Gasteiger partial charge on any atom is -0.425 e. The average molecular weight is 193 g/mol. The van der Waals surface area contributed by atoms with Crippen LogP contribution in [0.5, 0.6) is 0 Å². The van der Waals surface area contributed by atoms with E-state index in [1.165, 1.54) is 12.7 Å². The first-order valence-corrected chi connectivity index (χ1v) is 4.44. The van der Waals surface area contributed by atoms with Crippen LogP contribution in [0, 0.1) is 0 Å². The van der Waals surface area contributed by atoms with Gasteiger partial charge in [-0.2, -0.15) is 4.73 Å². The molecule has 6 heteroatoms. The lowest BCUT2D eigenvalue weighted by atomic mass is 10.4. The SMILES string of the molecule is CCCNc1ncnc2c1ncn2O. The standard InChI is InChI=1S/C8H11N5O/c1-2-3-9-7-6-8(11-4-10-7)13(14)5-12-6/h4-5,14H,2-3H2,1H3,(H,9,10,11). The molecule has 0 aromatic carbocycles. The Morgan fingerprint density at radius 2 is 2.29 bits per heavy atom. The first-order valence-electron chi connectivity index (χ1n) is 4.44. The summed E-state index contributed by atoms with van der Waals surface area (Å²) in [4.78, 5) is 12.0. The molecule has 6 nitrogen and oxygen atoms in total. The van der Waals surface area contributed by atoms with Gasteiger partial charge in [0.05, 0.1) is 0 Å². The highest BCUT2D eigenvalue weighted by Gasteiger charge is 2.07. The Bertz CT molecular complexity index is 438. The van der Waals surface area contributed by atoms with Crippen LogP contribution in [0.4, 0.5) is 5.82 Å². The van der Waals surface area contributed by atoms with Crippen molar-refractivity contribution < 1.29 is 5.21 Å². The van der Waals surface area contributed by atoms with E-state index in [9.17, 15) is 5.21 Å². The van der Waals surface area contributed by atoms with Gasteiger partial charge in [-0.3, -0.25) is 0 Å². The number of fused-ring (bicyclic) bond motifs is 1. The minimum atomic E-state index is 0.415. The van der Waals surface area contributed by atoms with Crippen molar-refractivity contribution in [2.24, 2.45) is 0 Å². The number of aromatic nitrogens is 4. The van der Waals surface area contributed by atoms with Crippen LogP contribution in [-0.2, 0) is 0 Å². The van der Waals surface area contributed by atoms with Crippen molar-refractivity contribution in [2.45, 2.75) is 13.3 Å². The van der Waals surface area contributed by atoms with Gasteiger partial charge >= 0.3 is 0 Å². The van der Waals surface area contributed by atoms with Gasteiger partial charge in [0, 0.05) is 6.54 Å². The van der Waals surface area contributed by atoms with E-state index in [0.717, 1.165) is 17.7 Å². The highest BCUT2D eigenvalue weighted by atomic mass is 16.5. The summed E-state index contributed by atoms with van der Waals surface area (Å²) in [5.41, 5.74) is 1.00. The topological polar surface area (TPSA) is 75.9 Å². The van der Waals surface area contributed by atoms with Crippen LogP contribution < -0.4 is 5.32 Å². The number of hydrogen-bond acceptors (Lipinski definition) is 5. The number of anilines is 1. The molecule has 0 fully saturated rings. The first-order chi connectivity index (χ1) is 6.83. The lowest BCUT2D eigenvalue weighted by Gasteiger charge is -2.02. The van der Waals surface area contributed by atoms with Crippen molar-refractivity contribution in [3.05, 3.63) is 12.7 Å². The quantitative estimate of drug-likeness (QED) is 0.708. The molecular formula is C8H11N5O. The summed E-state index contributed by atoms with van der Waals surface area (Å²) < 4.78 is 0.883. The van der Waals surface area contributed by atoms with Crippen molar-refractivity contribution in [1.29, 1.82) is 0 Å². The molecule has 2 aromatic rings. The molecule has 2 rings (SSSR count). The molecule has 0 saturated heterocycles. The molecule has 0 aliphatic rings. The molecule has 74 valence electrons. The molecule has 0 radical (unpaired) electrons. The first kappa shape index (κ1) is 8.74. The molecule has 14 heavy (non-hydrogen) atoms. The van der Waals surface area contributed by atoms with Crippen molar-refractivity contribution in [3.8, 4) is 0 Å². The summed E-state index contributed by atoms with van der Waals surface area (Å²) in [6.45, 7) is 2.89. The molecule has 0 atom stereocenters. The molecule has 0 aliphatic heterocycles. The Balaban J connectivity index is 2.44. The van der Waals surface area contributed by atoms with Gasteiger partial charge in [0.2, 0.25) is 5.65 Å². The Hall–Kier alpha value is -1.85. The Morgan fingerprint density at radius 3 is 3.07 bits per heavy atom. The number of nitrogens with zero attached hydrogens (tertiary/aromatic N) is 4. The van der Waals surface area contributed by atoms with Crippen molar-refractivity contribution in [2.75, 3.05) is 11.9 Å². The van der Waals surface area contributed by atoms with Crippen molar-refractivity contribution >= 4 is 17.0 Å². The van der Waals surface area contributed by atoms with Gasteiger partial charge in [-0.05, 0) is 6.42 Å². The van der Waals surface area contributed by atoms with E-state index in [2.05, 4.69) is 27.2 Å². The molecule has 2 heterocycles. The van der Waals surface area contributed by atoms with Crippen LogP contribution >= 0.6 is 0 Å². The number of hydrogen-bond donors (Lipinski definition) is 2. The average Bonchev–Trinajstić information content (AvgIpc) is 2.58. The third-order valence-electron chi connectivity index (χ3n) is 1.86. The fourth-order valence-corrected chi connectivity index (χ4v) is 1.20. The predicted octanol–water partition coefficient (Wildman–Crippen LogP) is 0.885. The highest BCUT2D eigenvalue weighted by molar-refractivity contribution is 5.82. The number of rotatable bonds is 3. The molecular weight excluding hydrogens is 182 g/mol. The summed E-state index contributed by atoms with van der Waals surface area (Å²) in [7, 11) is 0. The summed E-state index contributed by atoms with van der Waals surface area (Å²) in [6, 6.07) is 0.